The highest BCUT2D eigenvalue weighted by Crippen LogP contribution is 2.17. The first-order valence-corrected chi connectivity index (χ1v) is 13.3. The molecular formula is C15H28Si2. The van der Waals surface area contributed by atoms with E-state index in [1.807, 2.05) is 0 Å². The predicted octanol–water partition coefficient (Wildman–Crippen LogP) is 3.61. The molecule has 1 aromatic carbocycles. The van der Waals surface area contributed by atoms with Crippen molar-refractivity contribution in [1.29, 1.82) is 0 Å². The molecule has 1 rings (SSSR count). The van der Waals surface area contributed by atoms with Gasteiger partial charge in [-0.05, 0) is 17.9 Å². The third-order valence-corrected chi connectivity index (χ3v) is 17.8. The van der Waals surface area contributed by atoms with E-state index in [9.17, 15) is 0 Å². The van der Waals surface area contributed by atoms with Crippen molar-refractivity contribution in [3.63, 3.8) is 0 Å². The first kappa shape index (κ1) is 14.7. The SMILES string of the molecule is CCC(C)c1ccc([SiH](C)[SiH](C)C(C)C)cc1. The van der Waals surface area contributed by atoms with E-state index in [0.29, 0.717) is 5.92 Å². The normalized spacial score (nSPS) is 16.9. The maximum Gasteiger partial charge on any atom is 0.0584 e. The summed E-state index contributed by atoms with van der Waals surface area (Å²) in [4.78, 5) is 0. The van der Waals surface area contributed by atoms with Crippen molar-refractivity contribution in [2.24, 2.45) is 0 Å². The van der Waals surface area contributed by atoms with Crippen molar-refractivity contribution in [2.75, 3.05) is 0 Å². The van der Waals surface area contributed by atoms with Crippen LogP contribution in [0.5, 0.6) is 0 Å². The predicted molar refractivity (Wildman–Crippen MR) is 85.9 cm³/mol. The van der Waals surface area contributed by atoms with Crippen LogP contribution in [0.4, 0.5) is 0 Å². The Balaban J connectivity index is 2.80. The molecule has 0 fully saturated rings. The van der Waals surface area contributed by atoms with E-state index in [1.54, 1.807) is 5.19 Å². The van der Waals surface area contributed by atoms with Gasteiger partial charge < -0.3 is 0 Å². The minimum atomic E-state index is -0.634. The van der Waals surface area contributed by atoms with Crippen LogP contribution >= 0.6 is 0 Å². The fourth-order valence-electron chi connectivity index (χ4n) is 2.24. The largest absolute Gasteiger partial charge is 0.0736 e. The molecule has 0 aromatic heterocycles. The Labute approximate surface area is 110 Å². The third kappa shape index (κ3) is 3.82. The van der Waals surface area contributed by atoms with Gasteiger partial charge in [0.15, 0.2) is 0 Å². The highest BCUT2D eigenvalue weighted by Gasteiger charge is 2.20. The summed E-state index contributed by atoms with van der Waals surface area (Å²) >= 11 is 0. The highest BCUT2D eigenvalue weighted by atomic mass is 29.2. The summed E-state index contributed by atoms with van der Waals surface area (Å²) in [5.41, 5.74) is 2.46. The fraction of sp³-hybridized carbons (Fsp3) is 0.600. The minimum Gasteiger partial charge on any atom is -0.0736 e. The van der Waals surface area contributed by atoms with Crippen LogP contribution in [0.3, 0.4) is 0 Å². The van der Waals surface area contributed by atoms with E-state index in [-0.39, 0.29) is 0 Å². The molecule has 0 aliphatic heterocycles. The molecule has 0 heterocycles. The molecule has 0 spiro atoms. The molecule has 0 saturated heterocycles. The molecule has 2 heteroatoms. The van der Waals surface area contributed by atoms with Crippen LogP contribution in [0.1, 0.15) is 45.6 Å². The Kier molecular flexibility index (Phi) is 5.67. The number of hydrogen-bond acceptors (Lipinski definition) is 0. The maximum absolute atomic E-state index is 2.56. The molecule has 17 heavy (non-hydrogen) atoms. The van der Waals surface area contributed by atoms with E-state index in [0.717, 1.165) is 5.54 Å². The van der Waals surface area contributed by atoms with Gasteiger partial charge in [-0.15, -0.1) is 0 Å². The van der Waals surface area contributed by atoms with Gasteiger partial charge >= 0.3 is 0 Å². The van der Waals surface area contributed by atoms with Crippen molar-refractivity contribution in [3.05, 3.63) is 29.8 Å². The molecule has 0 saturated carbocycles. The molecule has 0 amide bonds. The van der Waals surface area contributed by atoms with Crippen molar-refractivity contribution >= 4 is 21.8 Å². The third-order valence-electron chi connectivity index (χ3n) is 4.48. The highest BCUT2D eigenvalue weighted by molar-refractivity contribution is 7.27. The Bertz CT molecular complexity index is 329. The standard InChI is InChI=1S/C15H28Si2/c1-7-13(4)14-8-10-15(11-9-14)17(6)16(5)12(2)3/h8-13,16-17H,7H2,1-6H3. The average molecular weight is 265 g/mol. The Morgan fingerprint density at radius 1 is 1.00 bits per heavy atom. The van der Waals surface area contributed by atoms with Gasteiger partial charge in [0.25, 0.3) is 0 Å². The van der Waals surface area contributed by atoms with Gasteiger partial charge in [-0.2, -0.15) is 0 Å². The van der Waals surface area contributed by atoms with E-state index >= 15 is 0 Å². The van der Waals surface area contributed by atoms with Crippen LogP contribution in [0.25, 0.3) is 0 Å². The lowest BCUT2D eigenvalue weighted by molar-refractivity contribution is 0.734. The van der Waals surface area contributed by atoms with Gasteiger partial charge in [0, 0.05) is 8.31 Å². The monoisotopic (exact) mass is 264 g/mol. The Morgan fingerprint density at radius 3 is 1.94 bits per heavy atom. The summed E-state index contributed by atoms with van der Waals surface area (Å²) in [6.07, 6.45) is 1.24. The lowest BCUT2D eigenvalue weighted by atomic mass is 9.99. The molecule has 96 valence electrons. The maximum atomic E-state index is 2.56. The summed E-state index contributed by atoms with van der Waals surface area (Å²) in [6, 6.07) is 9.58. The first-order valence-electron chi connectivity index (χ1n) is 7.07. The molecule has 0 bridgehead atoms. The quantitative estimate of drug-likeness (QED) is 0.713. The number of benzene rings is 1. The van der Waals surface area contributed by atoms with E-state index < -0.39 is 16.6 Å². The van der Waals surface area contributed by atoms with E-state index in [4.69, 9.17) is 0 Å². The second-order valence-electron chi connectivity index (χ2n) is 5.87. The second-order valence-corrected chi connectivity index (χ2v) is 17.3. The summed E-state index contributed by atoms with van der Waals surface area (Å²) in [5, 5.41) is 1.69. The van der Waals surface area contributed by atoms with Gasteiger partial charge in [0.05, 0.1) is 8.31 Å². The molecule has 0 radical (unpaired) electrons. The Morgan fingerprint density at radius 2 is 1.53 bits per heavy atom. The van der Waals surface area contributed by atoms with Crippen LogP contribution in [0.15, 0.2) is 24.3 Å². The van der Waals surface area contributed by atoms with Crippen molar-refractivity contribution in [1.82, 2.24) is 0 Å². The first-order chi connectivity index (χ1) is 7.97. The summed E-state index contributed by atoms with van der Waals surface area (Å²) < 4.78 is 0. The zero-order valence-corrected chi connectivity index (χ0v) is 14.6. The van der Waals surface area contributed by atoms with Crippen molar-refractivity contribution in [2.45, 2.75) is 58.7 Å². The molecule has 0 nitrogen and oxygen atoms in total. The van der Waals surface area contributed by atoms with Gasteiger partial charge in [-0.3, -0.25) is 0 Å². The summed E-state index contributed by atoms with van der Waals surface area (Å²) in [5.74, 6) is 0.709. The molecule has 3 atom stereocenters. The van der Waals surface area contributed by atoms with Crippen molar-refractivity contribution < 1.29 is 0 Å². The van der Waals surface area contributed by atoms with E-state index in [1.165, 1.54) is 12.0 Å². The fourth-order valence-corrected chi connectivity index (χ4v) is 10.8. The lowest BCUT2D eigenvalue weighted by Gasteiger charge is -2.21. The van der Waals surface area contributed by atoms with Crippen molar-refractivity contribution in [3.8, 4) is 0 Å². The summed E-state index contributed by atoms with van der Waals surface area (Å²) in [6.45, 7) is 14.5. The van der Waals surface area contributed by atoms with Gasteiger partial charge in [-0.1, -0.05) is 75.8 Å². The second kappa shape index (κ2) is 6.55. The van der Waals surface area contributed by atoms with Gasteiger partial charge in [-0.25, -0.2) is 0 Å². The van der Waals surface area contributed by atoms with Crippen LogP contribution in [-0.2, 0) is 0 Å². The lowest BCUT2D eigenvalue weighted by Crippen LogP contribution is -2.42. The summed E-state index contributed by atoms with van der Waals surface area (Å²) in [7, 11) is -1.14. The topological polar surface area (TPSA) is 0 Å². The zero-order valence-electron chi connectivity index (χ0n) is 12.3. The molecule has 0 N–H and O–H groups in total. The molecule has 0 aliphatic rings. The van der Waals surface area contributed by atoms with Crippen LogP contribution in [0.2, 0.25) is 18.6 Å². The number of rotatable bonds is 5. The van der Waals surface area contributed by atoms with Crippen LogP contribution < -0.4 is 5.19 Å². The van der Waals surface area contributed by atoms with E-state index in [2.05, 4.69) is 65.1 Å². The molecular weight excluding hydrogens is 236 g/mol. The van der Waals surface area contributed by atoms with Crippen LogP contribution in [-0.4, -0.2) is 16.6 Å². The van der Waals surface area contributed by atoms with Gasteiger partial charge in [0.2, 0.25) is 0 Å². The molecule has 3 unspecified atom stereocenters. The van der Waals surface area contributed by atoms with Gasteiger partial charge in [0.1, 0.15) is 0 Å². The smallest absolute Gasteiger partial charge is 0.0584 e. The molecule has 0 aliphatic carbocycles. The minimum absolute atomic E-state index is 0.505. The average Bonchev–Trinajstić information content (AvgIpc) is 2.36. The van der Waals surface area contributed by atoms with Crippen LogP contribution in [0, 0.1) is 0 Å². The Hall–Kier alpha value is -0.346. The number of hydrogen-bond donors (Lipinski definition) is 0. The zero-order chi connectivity index (χ0) is 13.0. The molecule has 1 aromatic rings.